The molecule has 0 bridgehead atoms. The molecule has 0 radical (unpaired) electrons. The molecule has 1 N–H and O–H groups in total. The molecule has 0 atom stereocenters. The zero-order valence-electron chi connectivity index (χ0n) is 13.1. The second kappa shape index (κ2) is 7.16. The topological polar surface area (TPSA) is 89.4 Å². The molecule has 10 heteroatoms. The zero-order valence-corrected chi connectivity index (χ0v) is 17.1. The van der Waals surface area contributed by atoms with Crippen molar-refractivity contribution in [2.24, 2.45) is 0 Å². The van der Waals surface area contributed by atoms with Crippen LogP contribution in [-0.4, -0.2) is 30.2 Å². The van der Waals surface area contributed by atoms with E-state index in [1.165, 1.54) is 24.6 Å². The van der Waals surface area contributed by atoms with Crippen LogP contribution in [0.5, 0.6) is 0 Å². The Morgan fingerprint density at radius 1 is 1.28 bits per heavy atom. The molecule has 1 saturated carbocycles. The number of tetrazole rings is 1. The van der Waals surface area contributed by atoms with Gasteiger partial charge in [-0.1, -0.05) is 40.5 Å². The largest absolute Gasteiger partial charge is 0.309 e. The van der Waals surface area contributed by atoms with Crippen LogP contribution in [0.1, 0.15) is 37.5 Å². The molecule has 2 heterocycles. The summed E-state index contributed by atoms with van der Waals surface area (Å²) in [7, 11) is 0. The molecular weight excluding hydrogens is 472 g/mol. The summed E-state index contributed by atoms with van der Waals surface area (Å²) in [6, 6.07) is 4.03. The van der Waals surface area contributed by atoms with Gasteiger partial charge in [-0.3, -0.25) is 4.79 Å². The number of halogens is 2. The highest BCUT2D eigenvalue weighted by molar-refractivity contribution is 9.11. The van der Waals surface area contributed by atoms with Gasteiger partial charge in [-0.05, 0) is 51.3 Å². The number of rotatable bonds is 4. The fourth-order valence-electron chi connectivity index (χ4n) is 3.07. The Morgan fingerprint density at radius 3 is 2.88 bits per heavy atom. The third-order valence-corrected chi connectivity index (χ3v) is 6.26. The van der Waals surface area contributed by atoms with Gasteiger partial charge in [0.1, 0.15) is 5.82 Å². The predicted octanol–water partition coefficient (Wildman–Crippen LogP) is 3.84. The van der Waals surface area contributed by atoms with Crippen LogP contribution in [0.25, 0.3) is 10.9 Å². The van der Waals surface area contributed by atoms with Crippen LogP contribution >= 0.6 is 43.6 Å². The lowest BCUT2D eigenvalue weighted by Gasteiger charge is -2.10. The van der Waals surface area contributed by atoms with Gasteiger partial charge in [0, 0.05) is 8.95 Å². The highest BCUT2D eigenvalue weighted by atomic mass is 79.9. The van der Waals surface area contributed by atoms with Crippen LogP contribution in [0.15, 0.2) is 31.0 Å². The number of fused-ring (bicyclic) bond motifs is 1. The van der Waals surface area contributed by atoms with E-state index in [2.05, 4.69) is 57.4 Å². The Morgan fingerprint density at radius 2 is 2.08 bits per heavy atom. The maximum atomic E-state index is 12.3. The number of hydrogen-bond acceptors (Lipinski definition) is 6. The Balaban J connectivity index is 1.60. The van der Waals surface area contributed by atoms with Crippen LogP contribution < -0.4 is 5.56 Å². The molecular formula is C15H14Br2N6OS. The standard InChI is InChI=1S/C15H14Br2N6OS/c16-8-5-10-13(11(17)6-8)18-12(19-14(10)24)7-25-15-20-21-22-23(15)9-3-1-2-4-9/h5-6,9H,1-4,7H2,(H,18,19,24). The number of aromatic nitrogens is 6. The van der Waals surface area contributed by atoms with E-state index in [0.717, 1.165) is 26.9 Å². The van der Waals surface area contributed by atoms with Crippen LogP contribution in [0.3, 0.4) is 0 Å². The Labute approximate surface area is 164 Å². The van der Waals surface area contributed by atoms with Crippen molar-refractivity contribution in [3.8, 4) is 0 Å². The molecule has 1 aliphatic rings. The third-order valence-electron chi connectivity index (χ3n) is 4.25. The fourth-order valence-corrected chi connectivity index (χ4v) is 5.20. The molecule has 1 aliphatic carbocycles. The maximum absolute atomic E-state index is 12.3. The molecule has 0 unspecified atom stereocenters. The molecule has 1 aromatic carbocycles. The minimum atomic E-state index is -0.155. The normalized spacial score (nSPS) is 15.3. The van der Waals surface area contributed by atoms with Gasteiger partial charge in [0.2, 0.25) is 5.16 Å². The molecule has 2 aromatic heterocycles. The van der Waals surface area contributed by atoms with Crippen LogP contribution in [0.4, 0.5) is 0 Å². The summed E-state index contributed by atoms with van der Waals surface area (Å²) in [5.74, 6) is 1.10. The van der Waals surface area contributed by atoms with Crippen molar-refractivity contribution < 1.29 is 0 Å². The molecule has 4 rings (SSSR count). The van der Waals surface area contributed by atoms with Crippen molar-refractivity contribution in [1.82, 2.24) is 30.2 Å². The molecule has 7 nitrogen and oxygen atoms in total. The lowest BCUT2D eigenvalue weighted by atomic mass is 10.2. The third kappa shape index (κ3) is 3.52. The second-order valence-electron chi connectivity index (χ2n) is 5.93. The maximum Gasteiger partial charge on any atom is 0.258 e. The average Bonchev–Trinajstić information content (AvgIpc) is 3.24. The quantitative estimate of drug-likeness (QED) is 0.564. The van der Waals surface area contributed by atoms with Crippen molar-refractivity contribution in [3.05, 3.63) is 37.3 Å². The summed E-state index contributed by atoms with van der Waals surface area (Å²) in [4.78, 5) is 19.8. The molecule has 1 fully saturated rings. The molecule has 0 aliphatic heterocycles. The van der Waals surface area contributed by atoms with Gasteiger partial charge < -0.3 is 4.98 Å². The lowest BCUT2D eigenvalue weighted by molar-refractivity contribution is 0.423. The SMILES string of the molecule is O=c1[nH]c(CSc2nnnn2C2CCCC2)nc2c(Br)cc(Br)cc12. The minimum Gasteiger partial charge on any atom is -0.309 e. The summed E-state index contributed by atoms with van der Waals surface area (Å²) in [6.45, 7) is 0. The summed E-state index contributed by atoms with van der Waals surface area (Å²) < 4.78 is 3.52. The van der Waals surface area contributed by atoms with Gasteiger partial charge in [0.05, 0.1) is 22.7 Å². The Hall–Kier alpha value is -1.26. The molecule has 25 heavy (non-hydrogen) atoms. The fraction of sp³-hybridized carbons (Fsp3) is 0.400. The first-order chi connectivity index (χ1) is 12.1. The number of thioether (sulfide) groups is 1. The second-order valence-corrected chi connectivity index (χ2v) is 8.64. The lowest BCUT2D eigenvalue weighted by Crippen LogP contribution is -2.12. The van der Waals surface area contributed by atoms with E-state index in [1.807, 2.05) is 10.7 Å². The Kier molecular flexibility index (Phi) is 4.92. The van der Waals surface area contributed by atoms with Gasteiger partial charge >= 0.3 is 0 Å². The summed E-state index contributed by atoms with van der Waals surface area (Å²) in [5.41, 5.74) is 0.496. The van der Waals surface area contributed by atoms with Crippen LogP contribution in [0, 0.1) is 0 Å². The molecule has 0 amide bonds. The van der Waals surface area contributed by atoms with Crippen molar-refractivity contribution in [2.75, 3.05) is 0 Å². The molecule has 3 aromatic rings. The molecule has 130 valence electrons. The average molecular weight is 486 g/mol. The van der Waals surface area contributed by atoms with E-state index in [4.69, 9.17) is 0 Å². The highest BCUT2D eigenvalue weighted by Crippen LogP contribution is 2.32. The monoisotopic (exact) mass is 484 g/mol. The van der Waals surface area contributed by atoms with Gasteiger partial charge in [-0.15, -0.1) is 5.10 Å². The van der Waals surface area contributed by atoms with E-state index in [1.54, 1.807) is 6.07 Å². The summed E-state index contributed by atoms with van der Waals surface area (Å²) in [5, 5.41) is 13.4. The van der Waals surface area contributed by atoms with Crippen molar-refractivity contribution in [2.45, 2.75) is 42.6 Å². The van der Waals surface area contributed by atoms with Crippen molar-refractivity contribution in [1.29, 1.82) is 0 Å². The molecule has 0 saturated heterocycles. The van der Waals surface area contributed by atoms with Crippen molar-refractivity contribution in [3.63, 3.8) is 0 Å². The number of nitrogens with zero attached hydrogens (tertiary/aromatic N) is 5. The summed E-state index contributed by atoms with van der Waals surface area (Å²) >= 11 is 8.36. The number of hydrogen-bond donors (Lipinski definition) is 1. The number of H-pyrrole nitrogens is 1. The first-order valence-corrected chi connectivity index (χ1v) is 10.5. The highest BCUT2D eigenvalue weighted by Gasteiger charge is 2.21. The number of benzene rings is 1. The van der Waals surface area contributed by atoms with Gasteiger partial charge in [-0.25, -0.2) is 9.67 Å². The minimum absolute atomic E-state index is 0.155. The number of nitrogens with one attached hydrogen (secondary N) is 1. The van der Waals surface area contributed by atoms with E-state index >= 15 is 0 Å². The van der Waals surface area contributed by atoms with Crippen LogP contribution in [0.2, 0.25) is 0 Å². The van der Waals surface area contributed by atoms with E-state index in [0.29, 0.717) is 28.5 Å². The zero-order chi connectivity index (χ0) is 17.4. The van der Waals surface area contributed by atoms with Gasteiger partial charge in [-0.2, -0.15) is 0 Å². The predicted molar refractivity (Wildman–Crippen MR) is 103 cm³/mol. The van der Waals surface area contributed by atoms with Crippen molar-refractivity contribution >= 4 is 54.5 Å². The van der Waals surface area contributed by atoms with E-state index in [-0.39, 0.29) is 5.56 Å². The van der Waals surface area contributed by atoms with Gasteiger partial charge in [0.15, 0.2) is 0 Å². The first kappa shape index (κ1) is 17.2. The Bertz CT molecular complexity index is 982. The van der Waals surface area contributed by atoms with Gasteiger partial charge in [0.25, 0.3) is 5.56 Å². The van der Waals surface area contributed by atoms with E-state index < -0.39 is 0 Å². The van der Waals surface area contributed by atoms with Crippen LogP contribution in [-0.2, 0) is 5.75 Å². The summed E-state index contributed by atoms with van der Waals surface area (Å²) in [6.07, 6.45) is 4.67. The number of aromatic amines is 1. The molecule has 0 spiro atoms. The first-order valence-electron chi connectivity index (χ1n) is 7.90. The van der Waals surface area contributed by atoms with E-state index in [9.17, 15) is 4.79 Å². The smallest absolute Gasteiger partial charge is 0.258 e.